The molecule has 4 nitrogen and oxygen atoms in total. The van der Waals surface area contributed by atoms with E-state index in [9.17, 15) is 9.59 Å². The van der Waals surface area contributed by atoms with Crippen LogP contribution in [0, 0.1) is 0 Å². The molecule has 3 aromatic rings. The minimum Gasteiger partial charge on any atom is -0.311 e. The van der Waals surface area contributed by atoms with Gasteiger partial charge in [0.25, 0.3) is 0 Å². The molecular weight excluding hydrogens is 426 g/mol. The van der Waals surface area contributed by atoms with Crippen LogP contribution in [-0.4, -0.2) is 17.5 Å². The van der Waals surface area contributed by atoms with Crippen molar-refractivity contribution in [2.24, 2.45) is 5.16 Å². The Morgan fingerprint density at radius 2 is 1.65 bits per heavy atom. The number of hydrogen-bond acceptors (Lipinski definition) is 6. The van der Waals surface area contributed by atoms with E-state index in [-0.39, 0.29) is 11.5 Å². The van der Waals surface area contributed by atoms with E-state index in [2.05, 4.69) is 12.1 Å². The van der Waals surface area contributed by atoms with E-state index in [0.717, 1.165) is 35.5 Å². The number of ketones is 1. The number of hydrogen-bond donors (Lipinski definition) is 0. The highest BCUT2D eigenvalue weighted by Crippen LogP contribution is 2.27. The molecule has 0 bridgehead atoms. The van der Waals surface area contributed by atoms with Crippen molar-refractivity contribution in [1.29, 1.82) is 0 Å². The normalized spacial score (nSPS) is 11.3. The Bertz CT molecular complexity index is 997. The Labute approximate surface area is 191 Å². The van der Waals surface area contributed by atoms with Gasteiger partial charge in [-0.2, -0.15) is 0 Å². The summed E-state index contributed by atoms with van der Waals surface area (Å²) in [5, 5.41) is 5.76. The van der Waals surface area contributed by atoms with E-state index in [4.69, 9.17) is 4.84 Å². The predicted octanol–water partition coefficient (Wildman–Crippen LogP) is 7.27. The van der Waals surface area contributed by atoms with Gasteiger partial charge in [-0.15, -0.1) is 11.3 Å². The summed E-state index contributed by atoms with van der Waals surface area (Å²) < 4.78 is 0. The molecular formula is C25H25NO3S2. The molecule has 0 unspecified atom stereocenters. The molecule has 1 heterocycles. The molecule has 0 aliphatic carbocycles. The zero-order valence-electron chi connectivity index (χ0n) is 17.5. The van der Waals surface area contributed by atoms with E-state index >= 15 is 0 Å². The number of Topliss-reactive ketones (excluding diaryl/α,β-unsaturated/α-hetero) is 1. The van der Waals surface area contributed by atoms with Crippen LogP contribution < -0.4 is 0 Å². The minimum atomic E-state index is -0.538. The van der Waals surface area contributed by atoms with Crippen LogP contribution in [0.15, 0.2) is 87.1 Å². The topological polar surface area (TPSA) is 55.7 Å². The monoisotopic (exact) mass is 451 g/mol. The summed E-state index contributed by atoms with van der Waals surface area (Å²) >= 11 is 2.92. The van der Waals surface area contributed by atoms with Crippen LogP contribution in [0.3, 0.4) is 0 Å². The first kappa shape index (κ1) is 23.0. The lowest BCUT2D eigenvalue weighted by Crippen LogP contribution is -2.16. The van der Waals surface area contributed by atoms with Gasteiger partial charge in [-0.25, -0.2) is 4.79 Å². The van der Waals surface area contributed by atoms with Crippen LogP contribution in [-0.2, 0) is 4.84 Å². The Morgan fingerprint density at radius 1 is 0.903 bits per heavy atom. The molecule has 0 amide bonds. The Hall–Kier alpha value is -2.70. The van der Waals surface area contributed by atoms with Crippen molar-refractivity contribution in [2.75, 3.05) is 0 Å². The molecule has 0 fully saturated rings. The third-order valence-corrected chi connectivity index (χ3v) is 6.45. The van der Waals surface area contributed by atoms with Crippen LogP contribution in [0.1, 0.15) is 59.1 Å². The summed E-state index contributed by atoms with van der Waals surface area (Å²) in [4.78, 5) is 32.9. The summed E-state index contributed by atoms with van der Waals surface area (Å²) in [7, 11) is 0. The summed E-state index contributed by atoms with van der Waals surface area (Å²) in [6.07, 6.45) is 4.53. The van der Waals surface area contributed by atoms with E-state index in [1.807, 2.05) is 42.5 Å². The van der Waals surface area contributed by atoms with Gasteiger partial charge < -0.3 is 4.84 Å². The molecule has 0 atom stereocenters. The summed E-state index contributed by atoms with van der Waals surface area (Å²) in [6, 6.07) is 21.0. The molecule has 0 saturated heterocycles. The highest BCUT2D eigenvalue weighted by molar-refractivity contribution is 7.99. The fourth-order valence-electron chi connectivity index (χ4n) is 2.92. The van der Waals surface area contributed by atoms with Crippen molar-refractivity contribution >= 4 is 40.6 Å². The minimum absolute atomic E-state index is 0.202. The first-order valence-corrected chi connectivity index (χ1v) is 12.1. The predicted molar refractivity (Wildman–Crippen MR) is 127 cm³/mol. The Balaban J connectivity index is 1.70. The maximum Gasteiger partial charge on any atom is 0.375 e. The maximum absolute atomic E-state index is 13.1. The third-order valence-electron chi connectivity index (χ3n) is 4.59. The van der Waals surface area contributed by atoms with Crippen LogP contribution in [0.2, 0.25) is 0 Å². The van der Waals surface area contributed by atoms with E-state index < -0.39 is 5.97 Å². The van der Waals surface area contributed by atoms with Crippen molar-refractivity contribution in [3.05, 3.63) is 82.6 Å². The second kappa shape index (κ2) is 12.2. The highest BCUT2D eigenvalue weighted by atomic mass is 32.2. The van der Waals surface area contributed by atoms with Crippen molar-refractivity contribution in [2.45, 2.75) is 48.8 Å². The molecule has 160 valence electrons. The van der Waals surface area contributed by atoms with Gasteiger partial charge in [0.2, 0.25) is 5.78 Å². The fourth-order valence-corrected chi connectivity index (χ4v) is 4.35. The van der Waals surface area contributed by atoms with Gasteiger partial charge in [-0.1, -0.05) is 67.4 Å². The first-order chi connectivity index (χ1) is 15.2. The maximum atomic E-state index is 13.1. The summed E-state index contributed by atoms with van der Waals surface area (Å²) in [5.74, 6) is -0.741. The molecule has 6 heteroatoms. The number of rotatable bonds is 11. The van der Waals surface area contributed by atoms with Gasteiger partial charge in [-0.3, -0.25) is 4.79 Å². The smallest absolute Gasteiger partial charge is 0.311 e. The first-order valence-electron chi connectivity index (χ1n) is 10.4. The molecule has 0 radical (unpaired) electrons. The zero-order valence-corrected chi connectivity index (χ0v) is 19.1. The molecule has 2 aromatic carbocycles. The second-order valence-corrected chi connectivity index (χ2v) is 9.07. The van der Waals surface area contributed by atoms with Gasteiger partial charge >= 0.3 is 5.97 Å². The van der Waals surface area contributed by atoms with Crippen LogP contribution in [0.4, 0.5) is 0 Å². The average molecular weight is 452 g/mol. The van der Waals surface area contributed by atoms with Crippen LogP contribution in [0.5, 0.6) is 0 Å². The third kappa shape index (κ3) is 7.19. The van der Waals surface area contributed by atoms with Gasteiger partial charge in [0.05, 0.1) is 0 Å². The fraction of sp³-hybridized carbons (Fsp3) is 0.240. The van der Waals surface area contributed by atoms with Gasteiger partial charge in [0, 0.05) is 15.4 Å². The van der Waals surface area contributed by atoms with Crippen molar-refractivity contribution in [3.8, 4) is 0 Å². The number of thiophene rings is 1. The number of unbranched alkanes of at least 4 members (excludes halogenated alkanes) is 3. The average Bonchev–Trinajstić information content (AvgIpc) is 3.34. The molecule has 0 aliphatic heterocycles. The molecule has 1 aromatic heterocycles. The lowest BCUT2D eigenvalue weighted by Gasteiger charge is -2.07. The lowest BCUT2D eigenvalue weighted by atomic mass is 10.0. The van der Waals surface area contributed by atoms with Crippen LogP contribution in [0.25, 0.3) is 0 Å². The number of carbonyl (C=O) groups is 2. The van der Waals surface area contributed by atoms with Gasteiger partial charge in [0.1, 0.15) is 10.6 Å². The van der Waals surface area contributed by atoms with Crippen molar-refractivity contribution in [3.63, 3.8) is 0 Å². The standard InChI is InChI=1S/C25H25NO3S2/c1-2-3-4-8-12-22(26-29-25(28)23-13-9-18-30-23)24(27)19-14-16-21(17-15-19)31-20-10-6-5-7-11-20/h5-7,9-11,13-18H,2-4,8,12H2,1H3/b26-22+. The van der Waals surface area contributed by atoms with E-state index in [1.54, 1.807) is 41.4 Å². The quantitative estimate of drug-likeness (QED) is 0.101. The number of nitrogens with zero attached hydrogens (tertiary/aromatic N) is 1. The second-order valence-electron chi connectivity index (χ2n) is 6.97. The molecule has 0 spiro atoms. The molecule has 0 aliphatic rings. The van der Waals surface area contributed by atoms with Crippen molar-refractivity contribution < 1.29 is 14.4 Å². The SMILES string of the molecule is CCCCCC/C(=N\OC(=O)c1cccs1)C(=O)c1ccc(Sc2ccccc2)cc1. The largest absolute Gasteiger partial charge is 0.375 e. The Morgan fingerprint density at radius 3 is 2.32 bits per heavy atom. The number of carbonyl (C=O) groups excluding carboxylic acids is 2. The molecule has 3 rings (SSSR count). The zero-order chi connectivity index (χ0) is 21.9. The molecule has 0 saturated carbocycles. The number of oxime groups is 1. The van der Waals surface area contributed by atoms with Crippen LogP contribution >= 0.6 is 23.1 Å². The summed E-state index contributed by atoms with van der Waals surface area (Å²) in [5.41, 5.74) is 0.822. The van der Waals surface area contributed by atoms with Crippen molar-refractivity contribution in [1.82, 2.24) is 0 Å². The van der Waals surface area contributed by atoms with E-state index in [0.29, 0.717) is 16.9 Å². The lowest BCUT2D eigenvalue weighted by molar-refractivity contribution is 0.0520. The molecule has 0 N–H and O–H groups in total. The van der Waals surface area contributed by atoms with Gasteiger partial charge in [-0.05, 0) is 60.7 Å². The molecule has 31 heavy (non-hydrogen) atoms. The highest BCUT2D eigenvalue weighted by Gasteiger charge is 2.17. The summed E-state index contributed by atoms with van der Waals surface area (Å²) in [6.45, 7) is 2.14. The number of benzene rings is 2. The Kier molecular flexibility index (Phi) is 9.06. The van der Waals surface area contributed by atoms with Gasteiger partial charge in [0.15, 0.2) is 0 Å². The van der Waals surface area contributed by atoms with E-state index in [1.165, 1.54) is 11.3 Å².